The number of hydrogen-bond acceptors (Lipinski definition) is 5. The Morgan fingerprint density at radius 3 is 2.40 bits per heavy atom. The van der Waals surface area contributed by atoms with Crippen LogP contribution in [0.15, 0.2) is 67.0 Å². The molecular weight excluding hydrogens is 449 g/mol. The molecule has 5 rings (SSSR count). The van der Waals surface area contributed by atoms with Crippen molar-refractivity contribution in [2.24, 2.45) is 0 Å². The third-order valence-corrected chi connectivity index (χ3v) is 6.41. The summed E-state index contributed by atoms with van der Waals surface area (Å²) in [7, 11) is 0. The summed E-state index contributed by atoms with van der Waals surface area (Å²) in [5.41, 5.74) is 2.53. The number of hydrogen-bond donors (Lipinski definition) is 2. The lowest BCUT2D eigenvalue weighted by molar-refractivity contribution is 0.0695. The fourth-order valence-corrected chi connectivity index (χ4v) is 4.51. The highest BCUT2D eigenvalue weighted by atomic mass is 19.1. The lowest BCUT2D eigenvalue weighted by Gasteiger charge is -2.32. The number of fused-ring (bicyclic) bond motifs is 1. The van der Waals surface area contributed by atoms with Gasteiger partial charge in [0.05, 0.1) is 6.20 Å². The second-order valence-electron chi connectivity index (χ2n) is 8.58. The minimum atomic E-state index is -1.14. The van der Waals surface area contributed by atoms with E-state index < -0.39 is 5.97 Å². The third kappa shape index (κ3) is 4.57. The van der Waals surface area contributed by atoms with Gasteiger partial charge in [0.2, 0.25) is 0 Å². The molecule has 1 aliphatic rings. The molecule has 2 N–H and O–H groups in total. The zero-order valence-corrected chi connectivity index (χ0v) is 18.9. The number of carboxylic acid groups (broad SMARTS) is 1. The van der Waals surface area contributed by atoms with Crippen LogP contribution in [0.25, 0.3) is 5.65 Å². The Balaban J connectivity index is 1.41. The number of piperidine rings is 1. The number of carbonyl (C=O) groups excluding carboxylic acids is 1. The molecule has 2 aromatic heterocycles. The fraction of sp³-hybridized carbons (Fsp3) is 0.231. The molecule has 2 aromatic carbocycles. The molecule has 9 heteroatoms. The minimum Gasteiger partial charge on any atom is -0.477 e. The first-order valence-corrected chi connectivity index (χ1v) is 11.4. The van der Waals surface area contributed by atoms with Gasteiger partial charge in [0, 0.05) is 25.8 Å². The van der Waals surface area contributed by atoms with Crippen molar-refractivity contribution in [1.82, 2.24) is 19.5 Å². The molecule has 1 fully saturated rings. The molecule has 8 nitrogen and oxygen atoms in total. The van der Waals surface area contributed by atoms with E-state index >= 15 is 0 Å². The second kappa shape index (κ2) is 9.54. The highest BCUT2D eigenvalue weighted by molar-refractivity contribution is 6.00. The molecule has 0 spiro atoms. The highest BCUT2D eigenvalue weighted by Gasteiger charge is 2.28. The van der Waals surface area contributed by atoms with Gasteiger partial charge < -0.3 is 15.3 Å². The largest absolute Gasteiger partial charge is 0.477 e. The van der Waals surface area contributed by atoms with E-state index in [1.165, 1.54) is 29.0 Å². The van der Waals surface area contributed by atoms with Crippen molar-refractivity contribution >= 4 is 23.3 Å². The number of amides is 1. The Bertz CT molecular complexity index is 1360. The normalized spacial score (nSPS) is 14.3. The summed E-state index contributed by atoms with van der Waals surface area (Å²) in [5.74, 6) is -0.926. The number of aromatic nitrogens is 3. The molecule has 4 aromatic rings. The van der Waals surface area contributed by atoms with E-state index in [0.29, 0.717) is 31.0 Å². The summed E-state index contributed by atoms with van der Waals surface area (Å²) in [4.78, 5) is 31.2. The number of carboxylic acids is 1. The molecule has 0 saturated carbocycles. The first-order valence-electron chi connectivity index (χ1n) is 11.4. The molecular formula is C26H24FN5O3. The maximum absolute atomic E-state index is 13.5. The smallest absolute Gasteiger partial charge is 0.341 e. The van der Waals surface area contributed by atoms with Crippen molar-refractivity contribution in [3.8, 4) is 0 Å². The van der Waals surface area contributed by atoms with Gasteiger partial charge in [-0.15, -0.1) is 0 Å². The van der Waals surface area contributed by atoms with Gasteiger partial charge in [-0.3, -0.25) is 4.79 Å². The Hall–Kier alpha value is -4.27. The molecule has 0 atom stereocenters. The number of rotatable bonds is 6. The van der Waals surface area contributed by atoms with Gasteiger partial charge in [-0.2, -0.15) is 9.61 Å². The van der Waals surface area contributed by atoms with Crippen LogP contribution in [0, 0.1) is 5.82 Å². The van der Waals surface area contributed by atoms with Crippen LogP contribution in [0.4, 0.5) is 10.2 Å². The Morgan fingerprint density at radius 1 is 1.00 bits per heavy atom. The molecule has 3 heterocycles. The number of aromatic carboxylic acids is 1. The van der Waals surface area contributed by atoms with Crippen molar-refractivity contribution in [2.45, 2.75) is 25.3 Å². The number of likely N-dealkylation sites (tertiary alicyclic amines) is 1. The van der Waals surface area contributed by atoms with Crippen LogP contribution in [-0.4, -0.2) is 49.6 Å². The summed E-state index contributed by atoms with van der Waals surface area (Å²) < 4.78 is 14.7. The molecule has 0 aliphatic carbocycles. The van der Waals surface area contributed by atoms with E-state index in [0.717, 1.165) is 24.0 Å². The number of halogens is 1. The topological polar surface area (TPSA) is 99.8 Å². The standard InChI is InChI=1S/C26H24FN5O3/c27-20-8-6-18(7-9-20)19-10-12-31(13-11-19)25(33)21-15-29-24-22(26(34)35)16-30-32(24)23(21)28-14-17-4-2-1-3-5-17/h1-9,15-16,19,28H,10-14H2,(H,34,35). The van der Waals surface area contributed by atoms with Gasteiger partial charge in [-0.25, -0.2) is 14.2 Å². The van der Waals surface area contributed by atoms with Crippen LogP contribution >= 0.6 is 0 Å². The number of anilines is 1. The Morgan fingerprint density at radius 2 is 1.71 bits per heavy atom. The number of carbonyl (C=O) groups is 2. The van der Waals surface area contributed by atoms with Crippen LogP contribution in [0.2, 0.25) is 0 Å². The summed E-state index contributed by atoms with van der Waals surface area (Å²) in [6, 6.07) is 16.2. The van der Waals surface area contributed by atoms with Crippen LogP contribution in [0.3, 0.4) is 0 Å². The van der Waals surface area contributed by atoms with Crippen LogP contribution in [0.1, 0.15) is 50.6 Å². The maximum atomic E-state index is 13.5. The molecule has 1 aliphatic heterocycles. The summed E-state index contributed by atoms with van der Waals surface area (Å²) in [5, 5.41) is 17.0. The molecule has 178 valence electrons. The van der Waals surface area contributed by atoms with Crippen LogP contribution in [0.5, 0.6) is 0 Å². The molecule has 0 radical (unpaired) electrons. The van der Waals surface area contributed by atoms with Crippen molar-refractivity contribution in [3.05, 3.63) is 95.1 Å². The van der Waals surface area contributed by atoms with Crippen molar-refractivity contribution < 1.29 is 19.1 Å². The predicted octanol–water partition coefficient (Wildman–Crippen LogP) is 4.20. The van der Waals surface area contributed by atoms with E-state index in [2.05, 4.69) is 15.4 Å². The lowest BCUT2D eigenvalue weighted by Crippen LogP contribution is -2.38. The first-order chi connectivity index (χ1) is 17.0. The van der Waals surface area contributed by atoms with Crippen molar-refractivity contribution in [3.63, 3.8) is 0 Å². The maximum Gasteiger partial charge on any atom is 0.341 e. The van der Waals surface area contributed by atoms with Gasteiger partial charge in [0.25, 0.3) is 5.91 Å². The van der Waals surface area contributed by atoms with Crippen LogP contribution < -0.4 is 5.32 Å². The lowest BCUT2D eigenvalue weighted by atomic mass is 9.89. The van der Waals surface area contributed by atoms with E-state index in [9.17, 15) is 19.1 Å². The molecule has 0 unspecified atom stereocenters. The van der Waals surface area contributed by atoms with E-state index in [-0.39, 0.29) is 28.9 Å². The SMILES string of the molecule is O=C(O)c1cnn2c(NCc3ccccc3)c(C(=O)N3CCC(c4ccc(F)cc4)CC3)cnc12. The van der Waals surface area contributed by atoms with Crippen molar-refractivity contribution in [1.29, 1.82) is 0 Å². The Kier molecular flexibility index (Phi) is 6.13. The average Bonchev–Trinajstić information content (AvgIpc) is 3.33. The van der Waals surface area contributed by atoms with Crippen molar-refractivity contribution in [2.75, 3.05) is 18.4 Å². The summed E-state index contributed by atoms with van der Waals surface area (Å²) in [6.45, 7) is 1.53. The minimum absolute atomic E-state index is 0.0353. The summed E-state index contributed by atoms with van der Waals surface area (Å²) >= 11 is 0. The van der Waals surface area contributed by atoms with Gasteiger partial charge in [0.15, 0.2) is 5.65 Å². The number of benzene rings is 2. The van der Waals surface area contributed by atoms with Gasteiger partial charge >= 0.3 is 5.97 Å². The zero-order chi connectivity index (χ0) is 24.4. The fourth-order valence-electron chi connectivity index (χ4n) is 4.51. The zero-order valence-electron chi connectivity index (χ0n) is 18.9. The number of nitrogens with one attached hydrogen (secondary N) is 1. The predicted molar refractivity (Wildman–Crippen MR) is 128 cm³/mol. The molecule has 1 saturated heterocycles. The quantitative estimate of drug-likeness (QED) is 0.436. The molecule has 0 bridgehead atoms. The third-order valence-electron chi connectivity index (χ3n) is 6.41. The second-order valence-corrected chi connectivity index (χ2v) is 8.58. The number of nitrogens with zero attached hydrogens (tertiary/aromatic N) is 4. The Labute approximate surface area is 201 Å². The van der Waals surface area contributed by atoms with Gasteiger partial charge in [0.1, 0.15) is 22.8 Å². The average molecular weight is 474 g/mol. The van der Waals surface area contributed by atoms with E-state index in [1.807, 2.05) is 30.3 Å². The monoisotopic (exact) mass is 473 g/mol. The highest BCUT2D eigenvalue weighted by Crippen LogP contribution is 2.30. The van der Waals surface area contributed by atoms with E-state index in [4.69, 9.17) is 0 Å². The molecule has 35 heavy (non-hydrogen) atoms. The van der Waals surface area contributed by atoms with Gasteiger partial charge in [-0.05, 0) is 42.0 Å². The van der Waals surface area contributed by atoms with E-state index in [1.54, 1.807) is 17.0 Å². The van der Waals surface area contributed by atoms with Crippen LogP contribution in [-0.2, 0) is 6.54 Å². The summed E-state index contributed by atoms with van der Waals surface area (Å²) in [6.07, 6.45) is 4.20. The molecule has 1 amide bonds. The first kappa shape index (κ1) is 22.5. The van der Waals surface area contributed by atoms with Gasteiger partial charge in [-0.1, -0.05) is 42.5 Å².